The van der Waals surface area contributed by atoms with Crippen LogP contribution in [0.1, 0.15) is 17.3 Å². The molecular weight excluding hydrogens is 280 g/mol. The Morgan fingerprint density at radius 2 is 2.00 bits per heavy atom. The second-order valence-electron chi connectivity index (χ2n) is 4.13. The van der Waals surface area contributed by atoms with E-state index in [1.165, 1.54) is 13.1 Å². The largest absolute Gasteiger partial charge is 0.507 e. The van der Waals surface area contributed by atoms with Crippen LogP contribution in [0.15, 0.2) is 18.2 Å². The zero-order valence-electron chi connectivity index (χ0n) is 11.6. The van der Waals surface area contributed by atoms with Crippen molar-refractivity contribution < 1.29 is 29.3 Å². The van der Waals surface area contributed by atoms with Crippen molar-refractivity contribution >= 4 is 23.7 Å². The highest BCUT2D eigenvalue weighted by atomic mass is 16.5. The molecule has 2 amide bonds. The summed E-state index contributed by atoms with van der Waals surface area (Å²) in [4.78, 5) is 35.0. The fourth-order valence-electron chi connectivity index (χ4n) is 1.48. The molecule has 8 nitrogen and oxygen atoms in total. The molecule has 0 aliphatic rings. The molecule has 0 atom stereocenters. The van der Waals surface area contributed by atoms with Gasteiger partial charge in [-0.1, -0.05) is 0 Å². The molecule has 1 aromatic carbocycles. The minimum Gasteiger partial charge on any atom is -0.507 e. The number of carbonyl (C=O) groups excluding carboxylic acids is 2. The average Bonchev–Trinajstić information content (AvgIpc) is 2.40. The number of urea groups is 1. The van der Waals surface area contributed by atoms with Crippen LogP contribution in [0, 0.1) is 0 Å². The Balaban J connectivity index is 2.72. The number of carbonyl (C=O) groups is 3. The lowest BCUT2D eigenvalue weighted by Crippen LogP contribution is -2.36. The quantitative estimate of drug-likeness (QED) is 0.554. The molecule has 114 valence electrons. The number of benzene rings is 1. The molecule has 3 N–H and O–H groups in total. The number of hydrogen-bond donors (Lipinski definition) is 3. The van der Waals surface area contributed by atoms with Gasteiger partial charge in [-0.25, -0.2) is 9.59 Å². The minimum absolute atomic E-state index is 0.186. The number of ether oxygens (including phenoxy) is 1. The van der Waals surface area contributed by atoms with Crippen molar-refractivity contribution in [3.05, 3.63) is 23.8 Å². The molecule has 0 saturated carbocycles. The predicted molar refractivity (Wildman–Crippen MR) is 73.3 cm³/mol. The molecule has 0 saturated heterocycles. The van der Waals surface area contributed by atoms with E-state index in [1.54, 1.807) is 6.92 Å². The highest BCUT2D eigenvalue weighted by molar-refractivity contribution is 5.95. The van der Waals surface area contributed by atoms with Gasteiger partial charge in [-0.05, 0) is 25.1 Å². The number of phenols is 1. The number of aromatic hydroxyl groups is 1. The first kappa shape index (κ1) is 16.3. The molecule has 8 heteroatoms. The Bertz CT molecular complexity index is 558. The summed E-state index contributed by atoms with van der Waals surface area (Å²) in [6, 6.07) is 3.01. The number of carboxylic acid groups (broad SMARTS) is 1. The summed E-state index contributed by atoms with van der Waals surface area (Å²) < 4.78 is 4.71. The van der Waals surface area contributed by atoms with Gasteiger partial charge in [0.25, 0.3) is 0 Å². The summed E-state index contributed by atoms with van der Waals surface area (Å²) in [7, 11) is 1.39. The lowest BCUT2D eigenvalue weighted by molar-refractivity contribution is -0.143. The molecule has 1 rings (SSSR count). The van der Waals surface area contributed by atoms with Gasteiger partial charge in [0, 0.05) is 12.7 Å². The predicted octanol–water partition coefficient (Wildman–Crippen LogP) is 1.12. The van der Waals surface area contributed by atoms with Crippen LogP contribution in [-0.2, 0) is 9.53 Å². The summed E-state index contributed by atoms with van der Waals surface area (Å²) in [5.74, 6) is -2.27. The van der Waals surface area contributed by atoms with E-state index >= 15 is 0 Å². The highest BCUT2D eigenvalue weighted by Gasteiger charge is 2.15. The summed E-state index contributed by atoms with van der Waals surface area (Å²) in [5, 5.41) is 20.6. The Morgan fingerprint density at radius 1 is 1.33 bits per heavy atom. The lowest BCUT2D eigenvalue weighted by atomic mass is 10.2. The van der Waals surface area contributed by atoms with Crippen molar-refractivity contribution in [1.82, 2.24) is 4.90 Å². The number of esters is 1. The number of aromatic carboxylic acids is 1. The van der Waals surface area contributed by atoms with Crippen LogP contribution in [0.3, 0.4) is 0 Å². The maximum absolute atomic E-state index is 11.8. The molecule has 1 aromatic rings. The Kier molecular flexibility index (Phi) is 5.53. The Hall–Kier alpha value is -2.77. The summed E-state index contributed by atoms with van der Waals surface area (Å²) in [6.07, 6.45) is 0. The number of anilines is 1. The fraction of sp³-hybridized carbons (Fsp3) is 0.308. The first-order chi connectivity index (χ1) is 9.85. The highest BCUT2D eigenvalue weighted by Crippen LogP contribution is 2.21. The molecule has 0 aliphatic heterocycles. The zero-order valence-corrected chi connectivity index (χ0v) is 11.6. The lowest BCUT2D eigenvalue weighted by Gasteiger charge is -2.17. The van der Waals surface area contributed by atoms with Gasteiger partial charge >= 0.3 is 18.0 Å². The number of amides is 2. The van der Waals surface area contributed by atoms with Crippen molar-refractivity contribution in [2.24, 2.45) is 0 Å². The molecule has 0 heterocycles. The molecule has 0 radical (unpaired) electrons. The minimum atomic E-state index is -1.32. The first-order valence-corrected chi connectivity index (χ1v) is 6.09. The van der Waals surface area contributed by atoms with E-state index in [-0.39, 0.29) is 24.4 Å². The average molecular weight is 296 g/mol. The normalized spacial score (nSPS) is 9.81. The van der Waals surface area contributed by atoms with Crippen LogP contribution in [-0.4, -0.2) is 53.3 Å². The van der Waals surface area contributed by atoms with Gasteiger partial charge in [-0.2, -0.15) is 0 Å². The first-order valence-electron chi connectivity index (χ1n) is 6.09. The Labute approximate surface area is 120 Å². The van der Waals surface area contributed by atoms with E-state index in [2.05, 4.69) is 5.32 Å². The second kappa shape index (κ2) is 7.13. The third-order valence-corrected chi connectivity index (χ3v) is 2.50. The van der Waals surface area contributed by atoms with Gasteiger partial charge in [0.15, 0.2) is 0 Å². The summed E-state index contributed by atoms with van der Waals surface area (Å²) in [6.45, 7) is 1.64. The number of rotatable bonds is 5. The monoisotopic (exact) mass is 296 g/mol. The van der Waals surface area contributed by atoms with Gasteiger partial charge in [0.05, 0.1) is 6.61 Å². The van der Waals surface area contributed by atoms with Crippen LogP contribution in [0.4, 0.5) is 10.5 Å². The summed E-state index contributed by atoms with van der Waals surface area (Å²) >= 11 is 0. The number of nitrogens with one attached hydrogen (secondary N) is 1. The van der Waals surface area contributed by atoms with Crippen molar-refractivity contribution in [1.29, 1.82) is 0 Å². The van der Waals surface area contributed by atoms with E-state index in [9.17, 15) is 19.5 Å². The van der Waals surface area contributed by atoms with Crippen LogP contribution >= 0.6 is 0 Å². The fourth-order valence-corrected chi connectivity index (χ4v) is 1.48. The third-order valence-electron chi connectivity index (χ3n) is 2.50. The van der Waals surface area contributed by atoms with Crippen molar-refractivity contribution in [2.45, 2.75) is 6.92 Å². The maximum atomic E-state index is 11.8. The van der Waals surface area contributed by atoms with Gasteiger partial charge in [-0.15, -0.1) is 0 Å². The van der Waals surface area contributed by atoms with Crippen LogP contribution in [0.25, 0.3) is 0 Å². The SMILES string of the molecule is CCOC(=O)CN(C)C(=O)Nc1ccc(O)c(C(=O)O)c1. The topological polar surface area (TPSA) is 116 Å². The standard InChI is InChI=1S/C13H16N2O6/c1-3-21-11(17)7-15(2)13(20)14-8-4-5-10(16)9(6-8)12(18)19/h4-6,16H,3,7H2,1-2H3,(H,14,20)(H,18,19). The molecule has 0 spiro atoms. The van der Waals surface area contributed by atoms with E-state index in [4.69, 9.17) is 9.84 Å². The van der Waals surface area contributed by atoms with E-state index in [1.807, 2.05) is 0 Å². The second-order valence-corrected chi connectivity index (χ2v) is 4.13. The van der Waals surface area contributed by atoms with Gasteiger partial charge < -0.3 is 25.2 Å². The zero-order chi connectivity index (χ0) is 16.0. The molecule has 0 fully saturated rings. The number of nitrogens with zero attached hydrogens (tertiary/aromatic N) is 1. The van der Waals surface area contributed by atoms with Crippen molar-refractivity contribution in [3.63, 3.8) is 0 Å². The molecular formula is C13H16N2O6. The molecule has 0 unspecified atom stereocenters. The van der Waals surface area contributed by atoms with E-state index < -0.39 is 23.7 Å². The van der Waals surface area contributed by atoms with Gasteiger partial charge in [-0.3, -0.25) is 4.79 Å². The smallest absolute Gasteiger partial charge is 0.339 e. The molecule has 0 bridgehead atoms. The molecule has 21 heavy (non-hydrogen) atoms. The van der Waals surface area contributed by atoms with Gasteiger partial charge in [0.1, 0.15) is 17.9 Å². The van der Waals surface area contributed by atoms with Crippen LogP contribution in [0.5, 0.6) is 5.75 Å². The van der Waals surface area contributed by atoms with E-state index in [0.717, 1.165) is 17.0 Å². The summed E-state index contributed by atoms with van der Waals surface area (Å²) in [5.41, 5.74) is -0.147. The molecule has 0 aliphatic carbocycles. The maximum Gasteiger partial charge on any atom is 0.339 e. The number of likely N-dealkylation sites (N-methyl/N-ethyl adjacent to an activating group) is 1. The third kappa shape index (κ3) is 4.68. The van der Waals surface area contributed by atoms with Crippen molar-refractivity contribution in [3.8, 4) is 5.75 Å². The molecule has 0 aromatic heterocycles. The Morgan fingerprint density at radius 3 is 2.57 bits per heavy atom. The van der Waals surface area contributed by atoms with Crippen molar-refractivity contribution in [2.75, 3.05) is 25.5 Å². The van der Waals surface area contributed by atoms with Crippen LogP contribution in [0.2, 0.25) is 0 Å². The number of hydrogen-bond acceptors (Lipinski definition) is 5. The van der Waals surface area contributed by atoms with E-state index in [0.29, 0.717) is 0 Å². The van der Waals surface area contributed by atoms with Gasteiger partial charge in [0.2, 0.25) is 0 Å². The number of carboxylic acids is 1. The van der Waals surface area contributed by atoms with Crippen LogP contribution < -0.4 is 5.32 Å².